The Morgan fingerprint density at radius 3 is 2.55 bits per heavy atom. The van der Waals surface area contributed by atoms with Gasteiger partial charge in [0.2, 0.25) is 11.8 Å². The molecule has 0 saturated heterocycles. The molecule has 0 bridgehead atoms. The average molecular weight is 273 g/mol. The first-order valence-electron chi connectivity index (χ1n) is 6.99. The van der Waals surface area contributed by atoms with Crippen molar-refractivity contribution in [3.05, 3.63) is 24.3 Å². The number of fused-ring (bicyclic) bond motifs is 1. The molecule has 1 aliphatic carbocycles. The van der Waals surface area contributed by atoms with Crippen molar-refractivity contribution in [2.45, 2.75) is 25.3 Å². The van der Waals surface area contributed by atoms with Gasteiger partial charge in [-0.25, -0.2) is 0 Å². The number of rotatable bonds is 3. The highest BCUT2D eigenvalue weighted by molar-refractivity contribution is 6.02. The summed E-state index contributed by atoms with van der Waals surface area (Å²) in [6, 6.07) is 7.16. The molecule has 1 heterocycles. The molecule has 0 spiro atoms. The average Bonchev–Trinajstić information content (AvgIpc) is 3.25. The van der Waals surface area contributed by atoms with E-state index in [1.165, 1.54) is 12.8 Å². The standard InChI is InChI=1S/C15H19N3O2/c1-17-11-4-2-3-5-12(11)18(9-10-6-7-10)13(15(16)20)8-14(17)19/h2-5,10,13H,6-9H2,1H3,(H2,16,20). The predicted molar refractivity (Wildman–Crippen MR) is 77.5 cm³/mol. The number of carbonyl (C=O) groups excluding carboxylic acids is 2. The van der Waals surface area contributed by atoms with E-state index in [0.29, 0.717) is 5.92 Å². The zero-order valence-electron chi connectivity index (χ0n) is 11.6. The third kappa shape index (κ3) is 2.24. The minimum Gasteiger partial charge on any atom is -0.368 e. The number of benzene rings is 1. The Hall–Kier alpha value is -2.04. The number of nitrogens with two attached hydrogens (primary N) is 1. The fourth-order valence-corrected chi connectivity index (χ4v) is 2.76. The van der Waals surface area contributed by atoms with Crippen LogP contribution in [0.15, 0.2) is 24.3 Å². The van der Waals surface area contributed by atoms with Gasteiger partial charge in [0.15, 0.2) is 0 Å². The van der Waals surface area contributed by atoms with E-state index in [0.717, 1.165) is 17.9 Å². The summed E-state index contributed by atoms with van der Waals surface area (Å²) in [5.74, 6) is 0.118. The molecule has 2 N–H and O–H groups in total. The summed E-state index contributed by atoms with van der Waals surface area (Å²) in [6.45, 7) is 0.797. The van der Waals surface area contributed by atoms with Crippen LogP contribution >= 0.6 is 0 Å². The van der Waals surface area contributed by atoms with E-state index in [4.69, 9.17) is 5.73 Å². The molecule has 20 heavy (non-hydrogen) atoms. The van der Waals surface area contributed by atoms with Crippen molar-refractivity contribution in [2.24, 2.45) is 11.7 Å². The molecule has 3 rings (SSSR count). The van der Waals surface area contributed by atoms with Gasteiger partial charge in [0.1, 0.15) is 6.04 Å². The maximum absolute atomic E-state index is 12.2. The van der Waals surface area contributed by atoms with Crippen molar-refractivity contribution in [3.63, 3.8) is 0 Å². The molecule has 5 heteroatoms. The zero-order chi connectivity index (χ0) is 14.3. The van der Waals surface area contributed by atoms with E-state index in [1.54, 1.807) is 11.9 Å². The molecule has 0 aromatic heterocycles. The molecule has 2 amide bonds. The Labute approximate surface area is 118 Å². The van der Waals surface area contributed by atoms with Crippen LogP contribution in [0.4, 0.5) is 11.4 Å². The highest BCUT2D eigenvalue weighted by Crippen LogP contribution is 2.38. The van der Waals surface area contributed by atoms with Gasteiger partial charge in [-0.05, 0) is 30.9 Å². The summed E-state index contributed by atoms with van der Waals surface area (Å²) < 4.78 is 0. The lowest BCUT2D eigenvalue weighted by Gasteiger charge is -2.30. The van der Waals surface area contributed by atoms with Gasteiger partial charge in [-0.3, -0.25) is 9.59 Å². The molecule has 1 unspecified atom stereocenters. The number of hydrogen-bond acceptors (Lipinski definition) is 3. The summed E-state index contributed by atoms with van der Waals surface area (Å²) >= 11 is 0. The van der Waals surface area contributed by atoms with Gasteiger partial charge >= 0.3 is 0 Å². The fourth-order valence-electron chi connectivity index (χ4n) is 2.76. The second-order valence-corrected chi connectivity index (χ2v) is 5.66. The van der Waals surface area contributed by atoms with Gasteiger partial charge in [0.25, 0.3) is 0 Å². The maximum atomic E-state index is 12.2. The molecule has 106 valence electrons. The Kier molecular flexibility index (Phi) is 3.12. The number of anilines is 2. The molecule has 0 radical (unpaired) electrons. The number of para-hydroxylation sites is 2. The first kappa shape index (κ1) is 13.0. The smallest absolute Gasteiger partial charge is 0.240 e. The highest BCUT2D eigenvalue weighted by Gasteiger charge is 2.37. The summed E-state index contributed by atoms with van der Waals surface area (Å²) in [7, 11) is 1.75. The van der Waals surface area contributed by atoms with Crippen molar-refractivity contribution in [1.29, 1.82) is 0 Å². The van der Waals surface area contributed by atoms with E-state index >= 15 is 0 Å². The lowest BCUT2D eigenvalue weighted by molar-refractivity contribution is -0.124. The largest absolute Gasteiger partial charge is 0.368 e. The van der Waals surface area contributed by atoms with Gasteiger partial charge in [-0.1, -0.05) is 12.1 Å². The Morgan fingerprint density at radius 2 is 1.95 bits per heavy atom. The third-order valence-electron chi connectivity index (χ3n) is 4.15. The second kappa shape index (κ2) is 4.81. The summed E-state index contributed by atoms with van der Waals surface area (Å²) in [5.41, 5.74) is 7.31. The quantitative estimate of drug-likeness (QED) is 0.897. The number of carbonyl (C=O) groups is 2. The van der Waals surface area contributed by atoms with Crippen LogP contribution in [0.2, 0.25) is 0 Å². The number of primary amides is 1. The molecule has 1 aliphatic heterocycles. The molecule has 1 aromatic carbocycles. The van der Waals surface area contributed by atoms with Crippen LogP contribution in [0.3, 0.4) is 0 Å². The van der Waals surface area contributed by atoms with Gasteiger partial charge in [0, 0.05) is 13.6 Å². The number of nitrogens with zero attached hydrogens (tertiary/aromatic N) is 2. The molecule has 5 nitrogen and oxygen atoms in total. The number of hydrogen-bond donors (Lipinski definition) is 1. The SMILES string of the molecule is CN1C(=O)CC(C(N)=O)N(CC2CC2)c2ccccc21. The highest BCUT2D eigenvalue weighted by atomic mass is 16.2. The fraction of sp³-hybridized carbons (Fsp3) is 0.467. The van der Waals surface area contributed by atoms with Crippen LogP contribution in [0.1, 0.15) is 19.3 Å². The maximum Gasteiger partial charge on any atom is 0.240 e. The summed E-state index contributed by atoms with van der Waals surface area (Å²) in [4.78, 5) is 27.7. The van der Waals surface area contributed by atoms with Crippen molar-refractivity contribution < 1.29 is 9.59 Å². The summed E-state index contributed by atoms with van der Waals surface area (Å²) in [5, 5.41) is 0. The van der Waals surface area contributed by atoms with Crippen LogP contribution in [0.5, 0.6) is 0 Å². The normalized spacial score (nSPS) is 22.4. The molecule has 2 aliphatic rings. The third-order valence-corrected chi connectivity index (χ3v) is 4.15. The van der Waals surface area contributed by atoms with E-state index in [1.807, 2.05) is 29.2 Å². The predicted octanol–water partition coefficient (Wildman–Crippen LogP) is 1.12. The first-order valence-corrected chi connectivity index (χ1v) is 6.99. The van der Waals surface area contributed by atoms with Crippen molar-refractivity contribution in [2.75, 3.05) is 23.4 Å². The Balaban J connectivity index is 2.06. The van der Waals surface area contributed by atoms with Gasteiger partial charge < -0.3 is 15.5 Å². The lowest BCUT2D eigenvalue weighted by Crippen LogP contribution is -2.46. The van der Waals surface area contributed by atoms with Gasteiger partial charge in [0.05, 0.1) is 17.8 Å². The molecule has 1 saturated carbocycles. The molecule has 1 fully saturated rings. The molecular weight excluding hydrogens is 254 g/mol. The molecular formula is C15H19N3O2. The minimum absolute atomic E-state index is 0.0699. The van der Waals surface area contributed by atoms with Crippen molar-refractivity contribution in [1.82, 2.24) is 0 Å². The van der Waals surface area contributed by atoms with Crippen LogP contribution < -0.4 is 15.5 Å². The minimum atomic E-state index is -0.547. The summed E-state index contributed by atoms with van der Waals surface area (Å²) in [6.07, 6.45) is 2.52. The van der Waals surface area contributed by atoms with Crippen LogP contribution in [0.25, 0.3) is 0 Å². The van der Waals surface area contributed by atoms with Crippen molar-refractivity contribution in [3.8, 4) is 0 Å². The topological polar surface area (TPSA) is 66.6 Å². The van der Waals surface area contributed by atoms with E-state index in [-0.39, 0.29) is 12.3 Å². The zero-order valence-corrected chi connectivity index (χ0v) is 11.6. The van der Waals surface area contributed by atoms with E-state index in [2.05, 4.69) is 0 Å². The van der Waals surface area contributed by atoms with E-state index in [9.17, 15) is 9.59 Å². The Morgan fingerprint density at radius 1 is 1.30 bits per heavy atom. The number of amides is 2. The van der Waals surface area contributed by atoms with Crippen LogP contribution in [-0.2, 0) is 9.59 Å². The van der Waals surface area contributed by atoms with Crippen LogP contribution in [-0.4, -0.2) is 31.4 Å². The van der Waals surface area contributed by atoms with Crippen LogP contribution in [0, 0.1) is 5.92 Å². The first-order chi connectivity index (χ1) is 9.58. The van der Waals surface area contributed by atoms with Gasteiger partial charge in [-0.15, -0.1) is 0 Å². The second-order valence-electron chi connectivity index (χ2n) is 5.66. The lowest BCUT2D eigenvalue weighted by atomic mass is 10.1. The Bertz CT molecular complexity index is 554. The van der Waals surface area contributed by atoms with Crippen molar-refractivity contribution >= 4 is 23.2 Å². The molecule has 1 aromatic rings. The molecule has 1 atom stereocenters. The van der Waals surface area contributed by atoms with E-state index < -0.39 is 11.9 Å². The van der Waals surface area contributed by atoms with Gasteiger partial charge in [-0.2, -0.15) is 0 Å². The monoisotopic (exact) mass is 273 g/mol.